The van der Waals surface area contributed by atoms with Gasteiger partial charge in [0.25, 0.3) is 0 Å². The van der Waals surface area contributed by atoms with Crippen molar-refractivity contribution in [2.75, 3.05) is 27.9 Å². The molecule has 0 aliphatic carbocycles. The molecule has 0 bridgehead atoms. The first-order valence-electron chi connectivity index (χ1n) is 8.01. The molecule has 0 aromatic heterocycles. The van der Waals surface area contributed by atoms with E-state index in [2.05, 4.69) is 0 Å². The van der Waals surface area contributed by atoms with Crippen LogP contribution in [-0.4, -0.2) is 43.9 Å². The van der Waals surface area contributed by atoms with E-state index in [1.54, 1.807) is 12.1 Å². The van der Waals surface area contributed by atoms with Gasteiger partial charge < -0.3 is 29.2 Å². The summed E-state index contributed by atoms with van der Waals surface area (Å²) in [6.07, 6.45) is 0.378. The van der Waals surface area contributed by atoms with Crippen molar-refractivity contribution in [1.29, 1.82) is 0 Å². The Labute approximate surface area is 150 Å². The molecule has 0 spiro atoms. The van der Waals surface area contributed by atoms with Crippen LogP contribution < -0.4 is 18.9 Å². The van der Waals surface area contributed by atoms with Crippen molar-refractivity contribution in [3.63, 3.8) is 0 Å². The largest absolute Gasteiger partial charge is 0.504 e. The number of rotatable bonds is 5. The predicted molar refractivity (Wildman–Crippen MR) is 92.9 cm³/mol. The fraction of sp³-hybridized carbons (Fsp3) is 0.316. The number of phenols is 2. The summed E-state index contributed by atoms with van der Waals surface area (Å²) in [6.45, 7) is 0.171. The van der Waals surface area contributed by atoms with Gasteiger partial charge in [0.2, 0.25) is 5.75 Å². The average Bonchev–Trinajstić information content (AvgIpc) is 2.64. The summed E-state index contributed by atoms with van der Waals surface area (Å²) in [5, 5.41) is 20.2. The molecule has 2 aromatic carbocycles. The van der Waals surface area contributed by atoms with Gasteiger partial charge in [-0.25, -0.2) is 0 Å². The van der Waals surface area contributed by atoms with E-state index in [0.717, 1.165) is 5.56 Å². The number of ketones is 1. The highest BCUT2D eigenvalue weighted by atomic mass is 16.5. The second-order valence-electron chi connectivity index (χ2n) is 5.92. The number of hydrogen-bond acceptors (Lipinski definition) is 7. The van der Waals surface area contributed by atoms with Crippen LogP contribution in [0.3, 0.4) is 0 Å². The summed E-state index contributed by atoms with van der Waals surface area (Å²) in [4.78, 5) is 12.9. The predicted octanol–water partition coefficient (Wildman–Crippen LogP) is 2.56. The molecule has 0 saturated carbocycles. The van der Waals surface area contributed by atoms with Gasteiger partial charge in [0.15, 0.2) is 28.8 Å². The Bertz CT molecular complexity index is 844. The van der Waals surface area contributed by atoms with E-state index >= 15 is 0 Å². The Balaban J connectivity index is 1.92. The second-order valence-corrected chi connectivity index (χ2v) is 5.92. The molecule has 26 heavy (non-hydrogen) atoms. The van der Waals surface area contributed by atoms with Crippen LogP contribution in [0.2, 0.25) is 0 Å². The van der Waals surface area contributed by atoms with Crippen LogP contribution in [0.1, 0.15) is 15.9 Å². The first kappa shape index (κ1) is 17.7. The number of aromatic hydroxyl groups is 2. The molecule has 0 fully saturated rings. The monoisotopic (exact) mass is 360 g/mol. The molecule has 7 nitrogen and oxygen atoms in total. The zero-order valence-electron chi connectivity index (χ0n) is 14.7. The highest BCUT2D eigenvalue weighted by Gasteiger charge is 2.34. The summed E-state index contributed by atoms with van der Waals surface area (Å²) < 4.78 is 21.1. The first-order valence-corrected chi connectivity index (χ1v) is 8.01. The number of Topliss-reactive ketones (excluding diaryl/α,β-unsaturated/α-hetero) is 1. The van der Waals surface area contributed by atoms with Crippen LogP contribution in [0.4, 0.5) is 0 Å². The first-order chi connectivity index (χ1) is 12.5. The van der Waals surface area contributed by atoms with Crippen molar-refractivity contribution in [2.45, 2.75) is 6.42 Å². The van der Waals surface area contributed by atoms with Crippen LogP contribution in [0, 0.1) is 5.92 Å². The number of hydrogen-bond donors (Lipinski definition) is 2. The molecule has 3 rings (SSSR count). The number of carbonyl (C=O) groups excluding carboxylic acids is 1. The Morgan fingerprint density at radius 2 is 1.81 bits per heavy atom. The summed E-state index contributed by atoms with van der Waals surface area (Å²) in [6, 6.07) is 6.44. The minimum Gasteiger partial charge on any atom is -0.504 e. The quantitative estimate of drug-likeness (QED) is 0.846. The summed E-state index contributed by atoms with van der Waals surface area (Å²) >= 11 is 0. The SMILES string of the molecule is COc1cc(CC2COc3cc(OC)c(OC)c(O)c3C2=O)ccc1O. The summed E-state index contributed by atoms with van der Waals surface area (Å²) in [7, 11) is 4.29. The molecule has 0 radical (unpaired) electrons. The maximum absolute atomic E-state index is 12.9. The van der Waals surface area contributed by atoms with Gasteiger partial charge in [0.1, 0.15) is 11.3 Å². The van der Waals surface area contributed by atoms with Gasteiger partial charge in [-0.15, -0.1) is 0 Å². The van der Waals surface area contributed by atoms with Gasteiger partial charge in [-0.3, -0.25) is 4.79 Å². The number of fused-ring (bicyclic) bond motifs is 1. The van der Waals surface area contributed by atoms with Crippen molar-refractivity contribution < 1.29 is 34.0 Å². The van der Waals surface area contributed by atoms with E-state index in [1.165, 1.54) is 33.5 Å². The molecule has 7 heteroatoms. The van der Waals surface area contributed by atoms with Crippen molar-refractivity contribution in [1.82, 2.24) is 0 Å². The molecular weight excluding hydrogens is 340 g/mol. The van der Waals surface area contributed by atoms with Crippen molar-refractivity contribution in [3.05, 3.63) is 35.4 Å². The topological polar surface area (TPSA) is 94.5 Å². The molecule has 1 heterocycles. The minimum atomic E-state index is -0.485. The van der Waals surface area contributed by atoms with Gasteiger partial charge in [0.05, 0.1) is 33.9 Å². The molecule has 1 atom stereocenters. The zero-order chi connectivity index (χ0) is 18.8. The van der Waals surface area contributed by atoms with E-state index in [4.69, 9.17) is 18.9 Å². The lowest BCUT2D eigenvalue weighted by molar-refractivity contribution is 0.0824. The molecule has 2 aromatic rings. The molecule has 1 unspecified atom stereocenters. The third-order valence-corrected chi connectivity index (χ3v) is 4.39. The lowest BCUT2D eigenvalue weighted by atomic mass is 9.88. The highest BCUT2D eigenvalue weighted by molar-refractivity contribution is 6.05. The van der Waals surface area contributed by atoms with Crippen molar-refractivity contribution in [2.24, 2.45) is 5.92 Å². The van der Waals surface area contributed by atoms with Crippen LogP contribution in [0.15, 0.2) is 24.3 Å². The second kappa shape index (κ2) is 7.03. The number of carbonyl (C=O) groups is 1. The Morgan fingerprint density at radius 1 is 1.08 bits per heavy atom. The van der Waals surface area contributed by atoms with Crippen LogP contribution in [0.5, 0.6) is 34.5 Å². The van der Waals surface area contributed by atoms with E-state index in [1.807, 2.05) is 0 Å². The lowest BCUT2D eigenvalue weighted by Crippen LogP contribution is -2.29. The summed E-state index contributed by atoms with van der Waals surface area (Å²) in [5.74, 6) is -0.000867. The maximum Gasteiger partial charge on any atom is 0.204 e. The fourth-order valence-electron chi connectivity index (χ4n) is 3.06. The van der Waals surface area contributed by atoms with Gasteiger partial charge in [-0.1, -0.05) is 6.07 Å². The smallest absolute Gasteiger partial charge is 0.204 e. The van der Waals surface area contributed by atoms with Gasteiger partial charge in [0, 0.05) is 6.07 Å². The number of phenolic OH excluding ortho intramolecular Hbond substituents is 2. The van der Waals surface area contributed by atoms with E-state index in [9.17, 15) is 15.0 Å². The molecule has 0 amide bonds. The molecule has 0 saturated heterocycles. The minimum absolute atomic E-state index is 0.0299. The van der Waals surface area contributed by atoms with Gasteiger partial charge in [-0.2, -0.15) is 0 Å². The van der Waals surface area contributed by atoms with Gasteiger partial charge >= 0.3 is 0 Å². The van der Waals surface area contributed by atoms with Crippen molar-refractivity contribution >= 4 is 5.78 Å². The zero-order valence-corrected chi connectivity index (χ0v) is 14.7. The van der Waals surface area contributed by atoms with Crippen LogP contribution in [-0.2, 0) is 6.42 Å². The molecular formula is C19H20O7. The van der Waals surface area contributed by atoms with Gasteiger partial charge in [-0.05, 0) is 24.1 Å². The Morgan fingerprint density at radius 3 is 2.46 bits per heavy atom. The highest BCUT2D eigenvalue weighted by Crippen LogP contribution is 2.47. The molecule has 138 valence electrons. The molecule has 1 aliphatic heterocycles. The van der Waals surface area contributed by atoms with E-state index < -0.39 is 5.92 Å². The lowest BCUT2D eigenvalue weighted by Gasteiger charge is -2.26. The normalized spacial score (nSPS) is 15.8. The van der Waals surface area contributed by atoms with E-state index in [0.29, 0.717) is 17.9 Å². The fourth-order valence-corrected chi connectivity index (χ4v) is 3.06. The molecule has 1 aliphatic rings. The third-order valence-electron chi connectivity index (χ3n) is 4.39. The standard InChI is InChI=1S/C19H20O7/c1-23-13-7-10(4-5-12(13)20)6-11-9-26-14-8-15(24-2)19(25-3)18(22)16(14)17(11)21/h4-5,7-8,11,20,22H,6,9H2,1-3H3. The summed E-state index contributed by atoms with van der Waals surface area (Å²) in [5.41, 5.74) is 0.898. The molecule has 2 N–H and O–H groups in total. The van der Waals surface area contributed by atoms with Crippen LogP contribution >= 0.6 is 0 Å². The van der Waals surface area contributed by atoms with Crippen LogP contribution in [0.25, 0.3) is 0 Å². The number of ether oxygens (including phenoxy) is 4. The average molecular weight is 360 g/mol. The number of benzene rings is 2. The van der Waals surface area contributed by atoms with Crippen molar-refractivity contribution in [3.8, 4) is 34.5 Å². The van der Waals surface area contributed by atoms with E-state index in [-0.39, 0.29) is 41.0 Å². The Kier molecular flexibility index (Phi) is 4.79. The Hall–Kier alpha value is -3.09. The number of methoxy groups -OCH3 is 3. The third kappa shape index (κ3) is 2.96. The maximum atomic E-state index is 12.9.